The van der Waals surface area contributed by atoms with Gasteiger partial charge in [0.25, 0.3) is 5.91 Å². The molecule has 90 valence electrons. The largest absolute Gasteiger partial charge is 0.361 e. The lowest BCUT2D eigenvalue weighted by Gasteiger charge is -2.10. The molecule has 2 heterocycles. The van der Waals surface area contributed by atoms with Crippen LogP contribution in [0, 0.1) is 0 Å². The Labute approximate surface area is 105 Å². The quantitative estimate of drug-likeness (QED) is 0.717. The molecule has 0 spiro atoms. The zero-order valence-corrected chi connectivity index (χ0v) is 10.0. The summed E-state index contributed by atoms with van der Waals surface area (Å²) in [6.45, 7) is 1.15. The minimum absolute atomic E-state index is 0. The van der Waals surface area contributed by atoms with Crippen LogP contribution in [0.25, 0.3) is 10.9 Å². The van der Waals surface area contributed by atoms with Gasteiger partial charge in [-0.05, 0) is 17.7 Å². The highest BCUT2D eigenvalue weighted by Crippen LogP contribution is 2.30. The Balaban J connectivity index is 0.00000108. The number of aromatic amines is 1. The van der Waals surface area contributed by atoms with Crippen LogP contribution >= 0.6 is 12.4 Å². The van der Waals surface area contributed by atoms with Gasteiger partial charge in [-0.3, -0.25) is 4.79 Å². The summed E-state index contributed by atoms with van der Waals surface area (Å²) in [4.78, 5) is 15.1. The number of hydrogen-bond acceptors (Lipinski definition) is 2. The van der Waals surface area contributed by atoms with E-state index in [0.29, 0.717) is 13.1 Å². The van der Waals surface area contributed by atoms with Crippen molar-refractivity contribution in [1.29, 1.82) is 0 Å². The number of benzene rings is 1. The highest BCUT2D eigenvalue weighted by atomic mass is 35.5. The van der Waals surface area contributed by atoms with Crippen molar-refractivity contribution in [1.82, 2.24) is 10.3 Å². The van der Waals surface area contributed by atoms with Crippen molar-refractivity contribution < 1.29 is 4.79 Å². The third-order valence-electron chi connectivity index (χ3n) is 3.21. The minimum Gasteiger partial charge on any atom is -0.361 e. The molecular weight excluding hydrogens is 238 g/mol. The second-order valence-electron chi connectivity index (χ2n) is 4.11. The maximum Gasteiger partial charge on any atom is 0.251 e. The van der Waals surface area contributed by atoms with Crippen molar-refractivity contribution in [2.24, 2.45) is 5.73 Å². The number of amides is 1. The van der Waals surface area contributed by atoms with Crippen LogP contribution in [0.2, 0.25) is 0 Å². The van der Waals surface area contributed by atoms with Crippen molar-refractivity contribution >= 4 is 29.2 Å². The van der Waals surface area contributed by atoms with Gasteiger partial charge in [-0.1, -0.05) is 6.07 Å². The Bertz CT molecular complexity index is 564. The van der Waals surface area contributed by atoms with Gasteiger partial charge in [0.05, 0.1) is 0 Å². The number of H-pyrrole nitrogens is 1. The molecule has 0 saturated heterocycles. The van der Waals surface area contributed by atoms with E-state index in [2.05, 4.69) is 10.3 Å². The number of rotatable bonds is 1. The van der Waals surface area contributed by atoms with Gasteiger partial charge in [0.15, 0.2) is 0 Å². The summed E-state index contributed by atoms with van der Waals surface area (Å²) in [5.41, 5.74) is 8.63. The molecule has 0 fully saturated rings. The first-order valence-electron chi connectivity index (χ1n) is 5.39. The first-order valence-corrected chi connectivity index (χ1v) is 5.39. The van der Waals surface area contributed by atoms with Gasteiger partial charge < -0.3 is 16.0 Å². The fraction of sp³-hybridized carbons (Fsp3) is 0.250. The van der Waals surface area contributed by atoms with Crippen molar-refractivity contribution in [2.45, 2.75) is 5.92 Å². The molecule has 0 radical (unpaired) electrons. The Morgan fingerprint density at radius 2 is 2.24 bits per heavy atom. The number of hydrogen-bond donors (Lipinski definition) is 3. The summed E-state index contributed by atoms with van der Waals surface area (Å²) in [6.07, 6.45) is 1.96. The lowest BCUT2D eigenvalue weighted by Crippen LogP contribution is -2.29. The molecule has 3 rings (SSSR count). The van der Waals surface area contributed by atoms with Crippen molar-refractivity contribution in [3.63, 3.8) is 0 Å². The van der Waals surface area contributed by atoms with E-state index < -0.39 is 0 Å². The fourth-order valence-corrected chi connectivity index (χ4v) is 2.35. The maximum atomic E-state index is 11.9. The van der Waals surface area contributed by atoms with E-state index in [4.69, 9.17) is 5.73 Å². The molecule has 0 aliphatic carbocycles. The molecule has 0 bridgehead atoms. The lowest BCUT2D eigenvalue weighted by molar-refractivity contribution is 0.0955. The van der Waals surface area contributed by atoms with Crippen molar-refractivity contribution in [2.75, 3.05) is 13.1 Å². The average molecular weight is 252 g/mol. The van der Waals surface area contributed by atoms with Crippen LogP contribution in [0.3, 0.4) is 0 Å². The smallest absolute Gasteiger partial charge is 0.251 e. The van der Waals surface area contributed by atoms with E-state index in [0.717, 1.165) is 22.0 Å². The Hall–Kier alpha value is -1.52. The number of halogens is 1. The summed E-state index contributed by atoms with van der Waals surface area (Å²) in [7, 11) is 0. The van der Waals surface area contributed by atoms with Gasteiger partial charge in [-0.15, -0.1) is 12.4 Å². The SMILES string of the molecule is Cl.NCC1CNC(=O)c2cccc3[nH]cc1c23. The summed E-state index contributed by atoms with van der Waals surface area (Å²) in [6, 6.07) is 5.72. The molecule has 1 aliphatic heterocycles. The van der Waals surface area contributed by atoms with Gasteiger partial charge in [0.1, 0.15) is 0 Å². The Morgan fingerprint density at radius 1 is 1.41 bits per heavy atom. The number of nitrogens with two attached hydrogens (primary N) is 1. The lowest BCUT2D eigenvalue weighted by atomic mass is 9.98. The van der Waals surface area contributed by atoms with Crippen LogP contribution < -0.4 is 11.1 Å². The zero-order valence-electron chi connectivity index (χ0n) is 9.19. The summed E-state index contributed by atoms with van der Waals surface area (Å²) < 4.78 is 0. The Morgan fingerprint density at radius 3 is 3.00 bits per heavy atom. The van der Waals surface area contributed by atoms with E-state index in [1.807, 2.05) is 24.4 Å². The van der Waals surface area contributed by atoms with E-state index in [-0.39, 0.29) is 24.2 Å². The van der Waals surface area contributed by atoms with Gasteiger partial charge in [-0.25, -0.2) is 0 Å². The number of nitrogens with one attached hydrogen (secondary N) is 2. The molecule has 1 aliphatic rings. The Kier molecular flexibility index (Phi) is 3.09. The maximum absolute atomic E-state index is 11.9. The fourth-order valence-electron chi connectivity index (χ4n) is 2.35. The molecule has 1 unspecified atom stereocenters. The molecular formula is C12H14ClN3O. The van der Waals surface area contributed by atoms with Gasteiger partial charge in [-0.2, -0.15) is 0 Å². The second kappa shape index (κ2) is 4.39. The molecule has 4 N–H and O–H groups in total. The van der Waals surface area contributed by atoms with Crippen LogP contribution in [0.5, 0.6) is 0 Å². The zero-order chi connectivity index (χ0) is 11.1. The third-order valence-corrected chi connectivity index (χ3v) is 3.21. The summed E-state index contributed by atoms with van der Waals surface area (Å²) in [5, 5.41) is 3.93. The average Bonchev–Trinajstić information content (AvgIpc) is 2.67. The highest BCUT2D eigenvalue weighted by molar-refractivity contribution is 6.08. The number of carbonyl (C=O) groups is 1. The monoisotopic (exact) mass is 251 g/mol. The van der Waals surface area contributed by atoms with E-state index >= 15 is 0 Å². The highest BCUT2D eigenvalue weighted by Gasteiger charge is 2.23. The number of aromatic nitrogens is 1. The van der Waals surface area contributed by atoms with Crippen molar-refractivity contribution in [3.8, 4) is 0 Å². The van der Waals surface area contributed by atoms with E-state index in [1.165, 1.54) is 0 Å². The van der Waals surface area contributed by atoms with Crippen molar-refractivity contribution in [3.05, 3.63) is 35.5 Å². The van der Waals surface area contributed by atoms with Crippen LogP contribution in [0.1, 0.15) is 21.8 Å². The molecule has 1 aromatic heterocycles. The predicted octanol–water partition coefficient (Wildman–Crippen LogP) is 1.38. The van der Waals surface area contributed by atoms with E-state index in [1.54, 1.807) is 0 Å². The van der Waals surface area contributed by atoms with Crippen LogP contribution in [-0.2, 0) is 0 Å². The normalized spacial score (nSPS) is 18.4. The van der Waals surface area contributed by atoms with Gasteiger partial charge in [0, 0.05) is 41.7 Å². The molecule has 5 heteroatoms. The van der Waals surface area contributed by atoms with Crippen LogP contribution in [-0.4, -0.2) is 24.0 Å². The van der Waals surface area contributed by atoms with Crippen LogP contribution in [0.15, 0.2) is 24.4 Å². The third kappa shape index (κ3) is 1.69. The molecule has 17 heavy (non-hydrogen) atoms. The van der Waals surface area contributed by atoms with E-state index in [9.17, 15) is 4.79 Å². The topological polar surface area (TPSA) is 70.9 Å². The molecule has 1 amide bonds. The summed E-state index contributed by atoms with van der Waals surface area (Å²) in [5.74, 6) is 0.184. The first kappa shape index (κ1) is 12.0. The van der Waals surface area contributed by atoms with Gasteiger partial charge in [0.2, 0.25) is 0 Å². The number of carbonyl (C=O) groups excluding carboxylic acids is 1. The summed E-state index contributed by atoms with van der Waals surface area (Å²) >= 11 is 0. The molecule has 4 nitrogen and oxygen atoms in total. The first-order chi connectivity index (χ1) is 7.81. The molecule has 2 aromatic rings. The minimum atomic E-state index is -0.0117. The molecule has 1 atom stereocenters. The van der Waals surface area contributed by atoms with Crippen LogP contribution in [0.4, 0.5) is 0 Å². The predicted molar refractivity (Wildman–Crippen MR) is 69.7 cm³/mol. The second-order valence-corrected chi connectivity index (χ2v) is 4.11. The molecule has 1 aromatic carbocycles. The van der Waals surface area contributed by atoms with Gasteiger partial charge >= 0.3 is 0 Å². The molecule has 0 saturated carbocycles. The standard InChI is InChI=1S/C12H13N3O.ClH/c13-4-7-5-15-12(16)8-2-1-3-10-11(8)9(7)6-14-10;/h1-3,6-7,14H,4-5,13H2,(H,15,16);1H.